The lowest BCUT2D eigenvalue weighted by atomic mass is 10.0. The molecule has 74 heavy (non-hydrogen) atoms. The summed E-state index contributed by atoms with van der Waals surface area (Å²) in [7, 11) is 1.46. The van der Waals surface area contributed by atoms with E-state index in [4.69, 9.17) is 18.5 Å². The Kier molecular flexibility index (Phi) is 52.0. The highest BCUT2D eigenvalue weighted by Crippen LogP contribution is 2.43. The first-order chi connectivity index (χ1) is 36.0. The van der Waals surface area contributed by atoms with Gasteiger partial charge in [-0.1, -0.05) is 232 Å². The number of carbonyl (C=O) groups excluding carboxylic acids is 2. The van der Waals surface area contributed by atoms with Gasteiger partial charge >= 0.3 is 19.8 Å². The van der Waals surface area contributed by atoms with E-state index in [0.717, 1.165) is 116 Å². The van der Waals surface area contributed by atoms with Crippen molar-refractivity contribution < 1.29 is 42.1 Å². The van der Waals surface area contributed by atoms with E-state index in [2.05, 4.69) is 123 Å². The molecular formula is C64H111NO8P+. The second-order valence-electron chi connectivity index (χ2n) is 20.6. The van der Waals surface area contributed by atoms with Gasteiger partial charge in [-0.05, 0) is 96.3 Å². The summed E-state index contributed by atoms with van der Waals surface area (Å²) in [5.41, 5.74) is 0. The number of phosphoric ester groups is 1. The van der Waals surface area contributed by atoms with Gasteiger partial charge in [-0.2, -0.15) is 0 Å². The molecule has 0 fully saturated rings. The van der Waals surface area contributed by atoms with Gasteiger partial charge in [-0.15, -0.1) is 0 Å². The number of quaternary nitrogens is 1. The Morgan fingerprint density at radius 3 is 1.15 bits per heavy atom. The molecule has 0 aromatic carbocycles. The molecule has 0 aromatic heterocycles. The third-order valence-corrected chi connectivity index (χ3v) is 13.3. The molecule has 0 saturated carbocycles. The highest BCUT2D eigenvalue weighted by Gasteiger charge is 2.27. The Morgan fingerprint density at radius 2 is 0.770 bits per heavy atom. The number of rotatable bonds is 53. The minimum Gasteiger partial charge on any atom is -0.462 e. The van der Waals surface area contributed by atoms with Crippen molar-refractivity contribution >= 4 is 19.8 Å². The lowest BCUT2D eigenvalue weighted by molar-refractivity contribution is -0.870. The lowest BCUT2D eigenvalue weighted by Gasteiger charge is -2.24. The molecular weight excluding hydrogens is 942 g/mol. The second-order valence-corrected chi connectivity index (χ2v) is 22.1. The third-order valence-electron chi connectivity index (χ3n) is 12.3. The zero-order chi connectivity index (χ0) is 54.2. The summed E-state index contributed by atoms with van der Waals surface area (Å²) in [4.78, 5) is 35.6. The predicted octanol–water partition coefficient (Wildman–Crippen LogP) is 18.6. The summed E-state index contributed by atoms with van der Waals surface area (Å²) in [6, 6.07) is 0. The zero-order valence-electron chi connectivity index (χ0n) is 48.0. The summed E-state index contributed by atoms with van der Waals surface area (Å²) < 4.78 is 34.5. The van der Waals surface area contributed by atoms with Crippen molar-refractivity contribution in [3.8, 4) is 0 Å². The molecule has 0 aromatic rings. The molecule has 1 N–H and O–H groups in total. The van der Waals surface area contributed by atoms with Crippen LogP contribution in [-0.2, 0) is 32.7 Å². The van der Waals surface area contributed by atoms with Crippen LogP contribution in [0.1, 0.15) is 232 Å². The van der Waals surface area contributed by atoms with Gasteiger partial charge in [-0.25, -0.2) is 4.57 Å². The first-order valence-electron chi connectivity index (χ1n) is 29.6. The Labute approximate surface area is 455 Å². The lowest BCUT2D eigenvalue weighted by Crippen LogP contribution is -2.37. The van der Waals surface area contributed by atoms with Gasteiger partial charge in [-0.3, -0.25) is 18.6 Å². The molecule has 0 aliphatic heterocycles. The van der Waals surface area contributed by atoms with Crippen LogP contribution in [0.3, 0.4) is 0 Å². The molecule has 424 valence electrons. The Bertz CT molecular complexity index is 1620. The van der Waals surface area contributed by atoms with E-state index in [1.807, 2.05) is 21.1 Å². The molecule has 0 saturated heterocycles. The number of esters is 2. The second kappa shape index (κ2) is 54.5. The number of hydrogen-bond acceptors (Lipinski definition) is 7. The minimum absolute atomic E-state index is 0.0256. The maximum atomic E-state index is 12.8. The minimum atomic E-state index is -4.39. The van der Waals surface area contributed by atoms with Gasteiger partial charge in [0.15, 0.2) is 6.10 Å². The van der Waals surface area contributed by atoms with Gasteiger partial charge in [0, 0.05) is 12.8 Å². The van der Waals surface area contributed by atoms with Crippen LogP contribution in [0.15, 0.2) is 109 Å². The first-order valence-corrected chi connectivity index (χ1v) is 31.1. The van der Waals surface area contributed by atoms with Crippen molar-refractivity contribution in [1.82, 2.24) is 0 Å². The van der Waals surface area contributed by atoms with E-state index < -0.39 is 26.5 Å². The smallest absolute Gasteiger partial charge is 0.462 e. The molecule has 2 unspecified atom stereocenters. The van der Waals surface area contributed by atoms with Crippen LogP contribution in [-0.4, -0.2) is 74.9 Å². The van der Waals surface area contributed by atoms with Crippen LogP contribution in [0.4, 0.5) is 0 Å². The average molecular weight is 1050 g/mol. The van der Waals surface area contributed by atoms with Crippen LogP contribution in [0, 0.1) is 0 Å². The van der Waals surface area contributed by atoms with E-state index in [0.29, 0.717) is 17.4 Å². The highest BCUT2D eigenvalue weighted by atomic mass is 31.2. The van der Waals surface area contributed by atoms with E-state index in [1.165, 1.54) is 83.5 Å². The van der Waals surface area contributed by atoms with Crippen molar-refractivity contribution in [2.24, 2.45) is 0 Å². The fraction of sp³-hybridized carbons (Fsp3) is 0.688. The molecule has 0 radical (unpaired) electrons. The number of allylic oxidation sites excluding steroid dienone is 18. The normalized spacial score (nSPS) is 14.1. The number of unbranched alkanes of at least 4 members (excludes halogenated alkanes) is 21. The Hall–Kier alpha value is -3.33. The van der Waals surface area contributed by atoms with Gasteiger partial charge in [0.25, 0.3) is 0 Å². The summed E-state index contributed by atoms with van der Waals surface area (Å²) >= 11 is 0. The number of carbonyl (C=O) groups is 2. The van der Waals surface area contributed by atoms with Gasteiger partial charge in [0.05, 0.1) is 27.7 Å². The number of likely N-dealkylation sites (N-methyl/N-ethyl adjacent to an activating group) is 1. The van der Waals surface area contributed by atoms with Gasteiger partial charge in [0.2, 0.25) is 0 Å². The standard InChI is InChI=1S/C64H110NO8P/c1-6-8-10-12-14-16-18-20-21-22-23-24-25-26-27-28-29-30-31-32-33-34-35-36-37-38-39-40-41-42-43-45-47-49-51-53-55-57-64(67)73-62(61-72-74(68,69)71-59-58-65(3,4)5)60-70-63(66)56-54-52-50-48-46-44-19-17-15-13-11-9-7-2/h8,10-11,13-14,16-17,19-21,23-24,26-27,29-30,32-33,62H,6-7,9,12,15,18,22,25,28,31,34-61H2,1-5H3/p+1/b10-8-,13-11-,16-14-,19-17-,21-20-,24-23-,27-26-,30-29-,33-32-. The quantitative estimate of drug-likeness (QED) is 0.0211. The van der Waals surface area contributed by atoms with Crippen molar-refractivity contribution in [1.29, 1.82) is 0 Å². The Morgan fingerprint density at radius 1 is 0.432 bits per heavy atom. The number of ether oxygens (including phenoxy) is 2. The molecule has 2 atom stereocenters. The average Bonchev–Trinajstić information content (AvgIpc) is 3.36. The molecule has 10 heteroatoms. The van der Waals surface area contributed by atoms with E-state index in [-0.39, 0.29) is 32.0 Å². The molecule has 0 aliphatic carbocycles. The van der Waals surface area contributed by atoms with E-state index >= 15 is 0 Å². The van der Waals surface area contributed by atoms with Crippen LogP contribution < -0.4 is 0 Å². The van der Waals surface area contributed by atoms with Crippen molar-refractivity contribution in [2.45, 2.75) is 238 Å². The zero-order valence-corrected chi connectivity index (χ0v) is 48.9. The summed E-state index contributed by atoms with van der Waals surface area (Å²) in [5.74, 6) is -0.817. The molecule has 0 amide bonds. The molecule has 0 heterocycles. The number of nitrogens with zero attached hydrogens (tertiary/aromatic N) is 1. The fourth-order valence-corrected chi connectivity index (χ4v) is 8.48. The van der Waals surface area contributed by atoms with E-state index in [1.54, 1.807) is 0 Å². The fourth-order valence-electron chi connectivity index (χ4n) is 7.74. The van der Waals surface area contributed by atoms with Gasteiger partial charge in [0.1, 0.15) is 19.8 Å². The first kappa shape index (κ1) is 70.7. The SMILES string of the molecule is CC/C=C\C/C=C\C/C=C\C/C=C\C/C=C\C/C=C\C/C=C\CCCCCCCCCCCCCCCCCC(=O)OC(COC(=O)CCCCCCC/C=C\C/C=C\CCC)COP(=O)(O)OCC[N+](C)(C)C. The summed E-state index contributed by atoms with van der Waals surface area (Å²) in [6.07, 6.45) is 76.0. The molecule has 0 spiro atoms. The van der Waals surface area contributed by atoms with Crippen LogP contribution in [0.2, 0.25) is 0 Å². The number of phosphoric acid groups is 1. The highest BCUT2D eigenvalue weighted by molar-refractivity contribution is 7.47. The largest absolute Gasteiger partial charge is 0.472 e. The van der Waals surface area contributed by atoms with Gasteiger partial charge < -0.3 is 18.9 Å². The molecule has 9 nitrogen and oxygen atoms in total. The summed E-state index contributed by atoms with van der Waals surface area (Å²) in [5, 5.41) is 0. The Balaban J connectivity index is 4.03. The van der Waals surface area contributed by atoms with Crippen LogP contribution in [0.5, 0.6) is 0 Å². The molecule has 0 aliphatic rings. The molecule has 0 rings (SSSR count). The third kappa shape index (κ3) is 57.9. The topological polar surface area (TPSA) is 108 Å². The van der Waals surface area contributed by atoms with Crippen LogP contribution >= 0.6 is 7.82 Å². The monoisotopic (exact) mass is 1050 g/mol. The predicted molar refractivity (Wildman–Crippen MR) is 316 cm³/mol. The number of hydrogen-bond donors (Lipinski definition) is 1. The van der Waals surface area contributed by atoms with Crippen LogP contribution in [0.25, 0.3) is 0 Å². The van der Waals surface area contributed by atoms with Crippen molar-refractivity contribution in [3.05, 3.63) is 109 Å². The van der Waals surface area contributed by atoms with Crippen molar-refractivity contribution in [3.63, 3.8) is 0 Å². The maximum absolute atomic E-state index is 12.8. The van der Waals surface area contributed by atoms with Crippen molar-refractivity contribution in [2.75, 3.05) is 47.5 Å². The molecule has 0 bridgehead atoms. The summed E-state index contributed by atoms with van der Waals surface area (Å²) in [6.45, 7) is 4.23. The van der Waals surface area contributed by atoms with E-state index in [9.17, 15) is 19.0 Å². The maximum Gasteiger partial charge on any atom is 0.472 e.